The topological polar surface area (TPSA) is 82.2 Å². The molecule has 1 heterocycles. The summed E-state index contributed by atoms with van der Waals surface area (Å²) in [5.74, 6) is -0.869. The van der Waals surface area contributed by atoms with Gasteiger partial charge in [0, 0.05) is 17.0 Å². The summed E-state index contributed by atoms with van der Waals surface area (Å²) in [6.45, 7) is 1.88. The van der Waals surface area contributed by atoms with E-state index in [1.54, 1.807) is 24.3 Å². The van der Waals surface area contributed by atoms with Gasteiger partial charge in [-0.1, -0.05) is 25.1 Å². The number of aromatic amines is 1. The number of pyridine rings is 1. The predicted molar refractivity (Wildman–Crippen MR) is 93.1 cm³/mol. The Morgan fingerprint density at radius 1 is 1.24 bits per heavy atom. The molecule has 3 rings (SSSR count). The summed E-state index contributed by atoms with van der Waals surface area (Å²) in [5, 5.41) is 13.3. The lowest BCUT2D eigenvalue weighted by Crippen LogP contribution is -2.29. The molecule has 0 fully saturated rings. The Hall–Kier alpha value is -3.15. The van der Waals surface area contributed by atoms with E-state index < -0.39 is 23.3 Å². The first-order chi connectivity index (χ1) is 12.0. The fourth-order valence-corrected chi connectivity index (χ4v) is 2.84. The lowest BCUT2D eigenvalue weighted by Gasteiger charge is -2.19. The normalized spacial score (nSPS) is 12.1. The van der Waals surface area contributed by atoms with Gasteiger partial charge in [-0.05, 0) is 30.7 Å². The van der Waals surface area contributed by atoms with Gasteiger partial charge < -0.3 is 15.4 Å². The predicted octanol–water partition coefficient (Wildman–Crippen LogP) is 3.25. The molecule has 0 radical (unpaired) electrons. The van der Waals surface area contributed by atoms with E-state index in [1.807, 2.05) is 6.92 Å². The number of rotatable bonds is 4. The van der Waals surface area contributed by atoms with Gasteiger partial charge in [0.2, 0.25) is 5.56 Å². The minimum Gasteiger partial charge on any atom is -0.508 e. The quantitative estimate of drug-likeness (QED) is 0.682. The van der Waals surface area contributed by atoms with Crippen LogP contribution in [0.5, 0.6) is 5.75 Å². The average Bonchev–Trinajstić information content (AvgIpc) is 2.59. The molecule has 0 unspecified atom stereocenters. The van der Waals surface area contributed by atoms with Crippen LogP contribution in [-0.4, -0.2) is 16.0 Å². The molecule has 0 saturated carbocycles. The molecule has 0 spiro atoms. The molecular formula is C19H17FN2O3. The Kier molecular flexibility index (Phi) is 4.52. The smallest absolute Gasteiger partial charge is 0.252 e. The van der Waals surface area contributed by atoms with E-state index in [9.17, 15) is 19.1 Å². The fourth-order valence-electron chi connectivity index (χ4n) is 2.84. The lowest BCUT2D eigenvalue weighted by atomic mass is 10.0. The van der Waals surface area contributed by atoms with Crippen LogP contribution in [0.3, 0.4) is 0 Å². The van der Waals surface area contributed by atoms with Crippen molar-refractivity contribution in [3.63, 3.8) is 0 Å². The van der Waals surface area contributed by atoms with E-state index in [2.05, 4.69) is 10.3 Å². The number of halogens is 1. The molecule has 0 aliphatic carbocycles. The van der Waals surface area contributed by atoms with E-state index in [0.717, 1.165) is 0 Å². The van der Waals surface area contributed by atoms with Gasteiger partial charge in [0.05, 0.1) is 17.1 Å². The number of aromatic hydroxyl groups is 1. The van der Waals surface area contributed by atoms with Gasteiger partial charge in [0.15, 0.2) is 0 Å². The molecule has 3 aromatic rings. The highest BCUT2D eigenvalue weighted by Crippen LogP contribution is 2.26. The van der Waals surface area contributed by atoms with Gasteiger partial charge in [-0.2, -0.15) is 0 Å². The molecule has 0 bridgehead atoms. The number of fused-ring (bicyclic) bond motifs is 1. The second-order valence-electron chi connectivity index (χ2n) is 5.73. The van der Waals surface area contributed by atoms with Crippen molar-refractivity contribution >= 4 is 16.8 Å². The number of amides is 1. The van der Waals surface area contributed by atoms with Crippen LogP contribution in [0.4, 0.5) is 4.39 Å². The number of phenolic OH excluding ortho intramolecular Hbond substituents is 1. The molecule has 1 amide bonds. The Balaban J connectivity index is 1.99. The highest BCUT2D eigenvalue weighted by atomic mass is 19.1. The summed E-state index contributed by atoms with van der Waals surface area (Å²) < 4.78 is 13.4. The zero-order chi connectivity index (χ0) is 18.0. The van der Waals surface area contributed by atoms with Crippen molar-refractivity contribution in [3.05, 3.63) is 75.8 Å². The second kappa shape index (κ2) is 6.76. The molecule has 0 saturated heterocycles. The number of H-pyrrole nitrogens is 1. The number of benzene rings is 2. The lowest BCUT2D eigenvalue weighted by molar-refractivity contribution is 0.0936. The standard InChI is InChI=1S/C19H17FN2O3/c1-2-15(13-5-3-4-6-17(13)23)22-19(25)14-10-18(24)21-16-9-11(20)7-8-12(14)16/h3-10,15,23H,2H2,1H3,(H,21,24)(H,22,25)/t15-/m0/s1. The highest BCUT2D eigenvalue weighted by molar-refractivity contribution is 6.06. The van der Waals surface area contributed by atoms with Crippen LogP contribution in [0, 0.1) is 5.82 Å². The first-order valence-corrected chi connectivity index (χ1v) is 7.91. The Morgan fingerprint density at radius 3 is 2.72 bits per heavy atom. The van der Waals surface area contributed by atoms with Crippen LogP contribution < -0.4 is 10.9 Å². The van der Waals surface area contributed by atoms with E-state index in [4.69, 9.17) is 0 Å². The molecule has 5 nitrogen and oxygen atoms in total. The maximum atomic E-state index is 13.4. The maximum Gasteiger partial charge on any atom is 0.252 e. The molecule has 128 valence electrons. The maximum absolute atomic E-state index is 13.4. The molecule has 1 aromatic heterocycles. The van der Waals surface area contributed by atoms with E-state index in [1.165, 1.54) is 24.3 Å². The number of phenols is 1. The zero-order valence-corrected chi connectivity index (χ0v) is 13.5. The molecule has 0 aliphatic rings. The molecule has 25 heavy (non-hydrogen) atoms. The number of carbonyl (C=O) groups excluding carboxylic acids is 1. The number of nitrogens with one attached hydrogen (secondary N) is 2. The summed E-state index contributed by atoms with van der Waals surface area (Å²) in [4.78, 5) is 27.0. The number of hydrogen-bond acceptors (Lipinski definition) is 3. The van der Waals surface area contributed by atoms with Crippen molar-refractivity contribution in [3.8, 4) is 5.75 Å². The number of aromatic nitrogens is 1. The number of carbonyl (C=O) groups is 1. The Bertz CT molecular complexity index is 997. The van der Waals surface area contributed by atoms with Crippen molar-refractivity contribution in [1.82, 2.24) is 10.3 Å². The van der Waals surface area contributed by atoms with Gasteiger partial charge in [0.1, 0.15) is 11.6 Å². The third kappa shape index (κ3) is 3.38. The summed E-state index contributed by atoms with van der Waals surface area (Å²) >= 11 is 0. The van der Waals surface area contributed by atoms with Gasteiger partial charge in [0.25, 0.3) is 5.91 Å². The minimum atomic E-state index is -0.499. The minimum absolute atomic E-state index is 0.0903. The molecule has 1 atom stereocenters. The van der Waals surface area contributed by atoms with E-state index in [-0.39, 0.29) is 16.8 Å². The fraction of sp³-hybridized carbons (Fsp3) is 0.158. The Morgan fingerprint density at radius 2 is 2.00 bits per heavy atom. The molecule has 3 N–H and O–H groups in total. The third-order valence-corrected chi connectivity index (χ3v) is 4.08. The van der Waals surface area contributed by atoms with Gasteiger partial charge >= 0.3 is 0 Å². The van der Waals surface area contributed by atoms with Crippen LogP contribution in [0.1, 0.15) is 35.3 Å². The van der Waals surface area contributed by atoms with Crippen LogP contribution >= 0.6 is 0 Å². The first kappa shape index (κ1) is 16.7. The summed E-state index contributed by atoms with van der Waals surface area (Å²) in [7, 11) is 0. The van der Waals surface area contributed by atoms with Crippen molar-refractivity contribution in [2.45, 2.75) is 19.4 Å². The number of hydrogen-bond donors (Lipinski definition) is 3. The third-order valence-electron chi connectivity index (χ3n) is 4.08. The van der Waals surface area contributed by atoms with Gasteiger partial charge in [-0.3, -0.25) is 9.59 Å². The Labute approximate surface area is 143 Å². The number of para-hydroxylation sites is 1. The van der Waals surface area contributed by atoms with Crippen LogP contribution in [0.2, 0.25) is 0 Å². The first-order valence-electron chi connectivity index (χ1n) is 7.91. The molecule has 2 aromatic carbocycles. The summed E-state index contributed by atoms with van der Waals surface area (Å²) in [6, 6.07) is 11.4. The SMILES string of the molecule is CC[C@H](NC(=O)c1cc(=O)[nH]c2cc(F)ccc12)c1ccccc1O. The summed E-state index contributed by atoms with van der Waals surface area (Å²) in [6.07, 6.45) is 0.555. The van der Waals surface area contributed by atoms with Crippen molar-refractivity contribution in [2.75, 3.05) is 0 Å². The summed E-state index contributed by atoms with van der Waals surface area (Å²) in [5.41, 5.74) is 0.526. The van der Waals surface area contributed by atoms with Crippen molar-refractivity contribution < 1.29 is 14.3 Å². The van der Waals surface area contributed by atoms with Gasteiger partial charge in [-0.25, -0.2) is 4.39 Å². The van der Waals surface area contributed by atoms with Crippen molar-refractivity contribution in [1.29, 1.82) is 0 Å². The average molecular weight is 340 g/mol. The highest BCUT2D eigenvalue weighted by Gasteiger charge is 2.19. The second-order valence-corrected chi connectivity index (χ2v) is 5.73. The monoisotopic (exact) mass is 340 g/mol. The van der Waals surface area contributed by atoms with Gasteiger partial charge in [-0.15, -0.1) is 0 Å². The molecular weight excluding hydrogens is 323 g/mol. The van der Waals surface area contributed by atoms with Crippen LogP contribution in [-0.2, 0) is 0 Å². The largest absolute Gasteiger partial charge is 0.508 e. The zero-order valence-electron chi connectivity index (χ0n) is 13.5. The van der Waals surface area contributed by atoms with Crippen molar-refractivity contribution in [2.24, 2.45) is 0 Å². The van der Waals surface area contributed by atoms with Crippen LogP contribution in [0.25, 0.3) is 10.9 Å². The van der Waals surface area contributed by atoms with Crippen LogP contribution in [0.15, 0.2) is 53.3 Å². The molecule has 0 aliphatic heterocycles. The van der Waals surface area contributed by atoms with E-state index in [0.29, 0.717) is 17.4 Å². The molecule has 6 heteroatoms. The van der Waals surface area contributed by atoms with E-state index >= 15 is 0 Å².